The molecule has 0 aromatic rings. The van der Waals surface area contributed by atoms with Crippen molar-refractivity contribution in [1.82, 2.24) is 0 Å². The van der Waals surface area contributed by atoms with E-state index in [1.807, 2.05) is 0 Å². The molecule has 6 heteroatoms. The van der Waals surface area contributed by atoms with Crippen LogP contribution in [0, 0.1) is 0 Å². The molecule has 0 amide bonds. The lowest BCUT2D eigenvalue weighted by Gasteiger charge is -2.18. The Balaban J connectivity index is 4.48. The number of esters is 3. The van der Waals surface area contributed by atoms with Crippen molar-refractivity contribution in [3.63, 3.8) is 0 Å². The molecule has 0 fully saturated rings. The van der Waals surface area contributed by atoms with Gasteiger partial charge in [-0.15, -0.1) is 0 Å². The Morgan fingerprint density at radius 2 is 0.636 bits per heavy atom. The summed E-state index contributed by atoms with van der Waals surface area (Å²) in [4.78, 5) is 38.1. The predicted molar refractivity (Wildman–Crippen MR) is 284 cm³/mol. The van der Waals surface area contributed by atoms with E-state index in [1.165, 1.54) is 109 Å². The lowest BCUT2D eigenvalue weighted by molar-refractivity contribution is -0.167. The highest BCUT2D eigenvalue weighted by atomic mass is 16.6. The van der Waals surface area contributed by atoms with Crippen molar-refractivity contribution < 1.29 is 28.6 Å². The summed E-state index contributed by atoms with van der Waals surface area (Å²) in [5, 5.41) is 0. The van der Waals surface area contributed by atoms with Crippen molar-refractivity contribution in [2.45, 2.75) is 264 Å². The highest BCUT2D eigenvalue weighted by Crippen LogP contribution is 2.15. The first kappa shape index (κ1) is 62.6. The molecule has 0 radical (unpaired) electrons. The zero-order valence-corrected chi connectivity index (χ0v) is 43.2. The van der Waals surface area contributed by atoms with Crippen molar-refractivity contribution in [1.29, 1.82) is 0 Å². The molecular formula is C60H102O6. The predicted octanol–water partition coefficient (Wildman–Crippen LogP) is 18.4. The van der Waals surface area contributed by atoms with Crippen LogP contribution in [0.3, 0.4) is 0 Å². The second-order valence-electron chi connectivity index (χ2n) is 18.1. The van der Waals surface area contributed by atoms with Crippen molar-refractivity contribution in [3.8, 4) is 0 Å². The van der Waals surface area contributed by atoms with Crippen molar-refractivity contribution in [2.24, 2.45) is 0 Å². The van der Waals surface area contributed by atoms with Gasteiger partial charge in [0.25, 0.3) is 0 Å². The van der Waals surface area contributed by atoms with Crippen molar-refractivity contribution in [2.75, 3.05) is 13.2 Å². The molecule has 378 valence electrons. The average Bonchev–Trinajstić information content (AvgIpc) is 3.31. The minimum absolute atomic E-state index is 0.0964. The summed E-state index contributed by atoms with van der Waals surface area (Å²) in [7, 11) is 0. The highest BCUT2D eigenvalue weighted by molar-refractivity contribution is 5.71. The lowest BCUT2D eigenvalue weighted by Crippen LogP contribution is -2.30. The number of rotatable bonds is 49. The normalized spacial score (nSPS) is 12.7. The maximum atomic E-state index is 12.8. The third kappa shape index (κ3) is 51.6. The smallest absolute Gasteiger partial charge is 0.306 e. The van der Waals surface area contributed by atoms with E-state index < -0.39 is 6.10 Å². The van der Waals surface area contributed by atoms with Gasteiger partial charge < -0.3 is 14.2 Å². The Morgan fingerprint density at radius 3 is 1.03 bits per heavy atom. The van der Waals surface area contributed by atoms with E-state index >= 15 is 0 Å². The molecular weight excluding hydrogens is 817 g/mol. The second-order valence-corrected chi connectivity index (χ2v) is 18.1. The number of hydrogen-bond donors (Lipinski definition) is 0. The molecule has 0 heterocycles. The largest absolute Gasteiger partial charge is 0.462 e. The number of carbonyl (C=O) groups excluding carboxylic acids is 3. The molecule has 0 saturated heterocycles. The topological polar surface area (TPSA) is 78.9 Å². The SMILES string of the molecule is CC/C=C\C/C=C\C/C=C\C/C=C\C/C=C\CCCCCC(=O)OCC(COC(=O)CCCCCCCCCCCCCCC)OC(=O)CCCCC/C=C\C=C/CCCCCCCCC. The van der Waals surface area contributed by atoms with Crippen LogP contribution in [-0.4, -0.2) is 37.2 Å². The third-order valence-corrected chi connectivity index (χ3v) is 11.7. The summed E-state index contributed by atoms with van der Waals surface area (Å²) in [5.41, 5.74) is 0. The van der Waals surface area contributed by atoms with Gasteiger partial charge >= 0.3 is 17.9 Å². The van der Waals surface area contributed by atoms with E-state index in [0.29, 0.717) is 12.8 Å². The molecule has 0 aromatic carbocycles. The first-order chi connectivity index (χ1) is 32.5. The van der Waals surface area contributed by atoms with Crippen LogP contribution >= 0.6 is 0 Å². The fourth-order valence-corrected chi connectivity index (χ4v) is 7.52. The van der Waals surface area contributed by atoms with Crippen LogP contribution in [0.5, 0.6) is 0 Å². The molecule has 6 nitrogen and oxygen atoms in total. The summed E-state index contributed by atoms with van der Waals surface area (Å²) in [5.74, 6) is -0.953. The van der Waals surface area contributed by atoms with Gasteiger partial charge in [0.15, 0.2) is 6.10 Å². The van der Waals surface area contributed by atoms with E-state index in [9.17, 15) is 14.4 Å². The van der Waals surface area contributed by atoms with Crippen molar-refractivity contribution in [3.05, 3.63) is 85.1 Å². The monoisotopic (exact) mass is 919 g/mol. The van der Waals surface area contributed by atoms with Gasteiger partial charge in [-0.25, -0.2) is 0 Å². The van der Waals surface area contributed by atoms with E-state index in [2.05, 4.69) is 106 Å². The van der Waals surface area contributed by atoms with Crippen LogP contribution in [0.25, 0.3) is 0 Å². The lowest BCUT2D eigenvalue weighted by atomic mass is 10.0. The van der Waals surface area contributed by atoms with E-state index in [-0.39, 0.29) is 37.5 Å². The molecule has 0 aliphatic heterocycles. The Hall–Kier alpha value is -3.41. The molecule has 0 rings (SSSR count). The molecule has 1 unspecified atom stereocenters. The molecule has 0 spiro atoms. The number of ether oxygens (including phenoxy) is 3. The quantitative estimate of drug-likeness (QED) is 0.0199. The van der Waals surface area contributed by atoms with Gasteiger partial charge in [-0.05, 0) is 89.9 Å². The van der Waals surface area contributed by atoms with Crippen molar-refractivity contribution >= 4 is 17.9 Å². The second kappa shape index (κ2) is 54.2. The van der Waals surface area contributed by atoms with Gasteiger partial charge in [-0.1, -0.05) is 234 Å². The minimum atomic E-state index is -0.803. The summed E-state index contributed by atoms with van der Waals surface area (Å²) in [6.07, 6.45) is 70.0. The highest BCUT2D eigenvalue weighted by Gasteiger charge is 2.19. The Morgan fingerprint density at radius 1 is 0.333 bits per heavy atom. The molecule has 0 aliphatic carbocycles. The fraction of sp³-hybridized carbons (Fsp3) is 0.717. The van der Waals surface area contributed by atoms with E-state index in [0.717, 1.165) is 109 Å². The Bertz CT molecular complexity index is 1290. The first-order valence-corrected chi connectivity index (χ1v) is 27.6. The molecule has 0 aromatic heterocycles. The maximum absolute atomic E-state index is 12.8. The van der Waals surface area contributed by atoms with E-state index in [4.69, 9.17) is 14.2 Å². The van der Waals surface area contributed by atoms with Crippen LogP contribution < -0.4 is 0 Å². The summed E-state index contributed by atoms with van der Waals surface area (Å²) < 4.78 is 16.8. The number of carbonyl (C=O) groups is 3. The van der Waals surface area contributed by atoms with Gasteiger partial charge in [0, 0.05) is 19.3 Å². The van der Waals surface area contributed by atoms with Crippen LogP contribution in [0.2, 0.25) is 0 Å². The summed E-state index contributed by atoms with van der Waals surface area (Å²) in [6, 6.07) is 0. The van der Waals surface area contributed by atoms with Gasteiger partial charge in [-0.2, -0.15) is 0 Å². The summed E-state index contributed by atoms with van der Waals surface area (Å²) >= 11 is 0. The summed E-state index contributed by atoms with van der Waals surface area (Å²) in [6.45, 7) is 6.48. The van der Waals surface area contributed by atoms with Gasteiger partial charge in [0.1, 0.15) is 13.2 Å². The standard InChI is InChI=1S/C60H102O6/c1-4-7-10-13-16-19-22-25-27-29-30-31-33-35-38-41-44-47-50-53-59(62)65-56-57(55-64-58(61)52-49-46-43-40-37-34-24-21-18-15-12-9-6-3)66-60(63)54-51-48-45-42-39-36-32-28-26-23-20-17-14-11-8-5-2/h7,10,16,19,25,27-28,30-32,35-36,38-39,57H,4-6,8-9,11-15,17-18,20-24,26,29,33-34,37,40-56H2,1-3H3/b10-7-,19-16-,27-25-,31-30-,32-28-,38-35-,39-36-. The van der Waals surface area contributed by atoms with Crippen LogP contribution in [0.1, 0.15) is 258 Å². The number of hydrogen-bond acceptors (Lipinski definition) is 6. The third-order valence-electron chi connectivity index (χ3n) is 11.7. The molecule has 0 aliphatic rings. The van der Waals surface area contributed by atoms with Crippen LogP contribution in [0.15, 0.2) is 85.1 Å². The fourth-order valence-electron chi connectivity index (χ4n) is 7.52. The van der Waals surface area contributed by atoms with Crippen LogP contribution in [0.4, 0.5) is 0 Å². The molecule has 1 atom stereocenters. The average molecular weight is 919 g/mol. The number of unbranched alkanes of at least 4 members (excludes halogenated alkanes) is 25. The molecule has 0 N–H and O–H groups in total. The van der Waals surface area contributed by atoms with Gasteiger partial charge in [-0.3, -0.25) is 14.4 Å². The van der Waals surface area contributed by atoms with E-state index in [1.54, 1.807) is 0 Å². The molecule has 66 heavy (non-hydrogen) atoms. The first-order valence-electron chi connectivity index (χ1n) is 27.6. The maximum Gasteiger partial charge on any atom is 0.306 e. The minimum Gasteiger partial charge on any atom is -0.462 e. The van der Waals surface area contributed by atoms with Gasteiger partial charge in [0.2, 0.25) is 0 Å². The zero-order chi connectivity index (χ0) is 47.9. The molecule has 0 saturated carbocycles. The zero-order valence-electron chi connectivity index (χ0n) is 43.2. The van der Waals surface area contributed by atoms with Gasteiger partial charge in [0.05, 0.1) is 0 Å². The Kier molecular flexibility index (Phi) is 51.4. The molecule has 0 bridgehead atoms. The number of allylic oxidation sites excluding steroid dienone is 14. The van der Waals surface area contributed by atoms with Crippen LogP contribution in [-0.2, 0) is 28.6 Å². The Labute approximate surface area is 407 Å².